The summed E-state index contributed by atoms with van der Waals surface area (Å²) in [6, 6.07) is 7.53. The molecule has 3 rings (SSSR count). The van der Waals surface area contributed by atoms with E-state index in [0.29, 0.717) is 17.4 Å². The van der Waals surface area contributed by atoms with E-state index in [0.717, 1.165) is 36.3 Å². The Labute approximate surface area is 122 Å². The van der Waals surface area contributed by atoms with Crippen molar-refractivity contribution in [3.05, 3.63) is 40.5 Å². The minimum atomic E-state index is 0.0923. The Balaban J connectivity index is 2.01. The van der Waals surface area contributed by atoms with E-state index < -0.39 is 0 Å². The highest BCUT2D eigenvalue weighted by Gasteiger charge is 2.19. The third-order valence-corrected chi connectivity index (χ3v) is 3.69. The normalized spacial score (nSPS) is 13.3. The quantitative estimate of drug-likeness (QED) is 0.908. The minimum Gasteiger partial charge on any atom is -0.395 e. The molecule has 1 aromatic carbocycles. The van der Waals surface area contributed by atoms with Gasteiger partial charge in [0.15, 0.2) is 5.82 Å². The predicted molar refractivity (Wildman–Crippen MR) is 80.1 cm³/mol. The molecule has 4 nitrogen and oxygen atoms in total. The molecule has 1 aliphatic rings. The van der Waals surface area contributed by atoms with Crippen molar-refractivity contribution in [1.29, 1.82) is 0 Å². The molecule has 1 aromatic heterocycles. The Morgan fingerprint density at radius 1 is 1.15 bits per heavy atom. The Morgan fingerprint density at radius 3 is 2.70 bits per heavy atom. The van der Waals surface area contributed by atoms with E-state index in [2.05, 4.69) is 15.3 Å². The summed E-state index contributed by atoms with van der Waals surface area (Å²) in [5, 5.41) is 12.9. The van der Waals surface area contributed by atoms with Crippen molar-refractivity contribution in [2.45, 2.75) is 19.3 Å². The number of fused-ring (bicyclic) bond motifs is 1. The molecular weight excluding hydrogens is 274 g/mol. The van der Waals surface area contributed by atoms with E-state index >= 15 is 0 Å². The summed E-state index contributed by atoms with van der Waals surface area (Å²) in [6.45, 7) is 0.596. The lowest BCUT2D eigenvalue weighted by atomic mass is 10.2. The Bertz CT molecular complexity index is 613. The van der Waals surface area contributed by atoms with E-state index in [1.807, 2.05) is 24.3 Å². The van der Waals surface area contributed by atoms with Gasteiger partial charge in [0.2, 0.25) is 0 Å². The molecule has 2 aromatic rings. The van der Waals surface area contributed by atoms with Gasteiger partial charge >= 0.3 is 0 Å². The third-order valence-electron chi connectivity index (χ3n) is 3.44. The van der Waals surface area contributed by atoms with E-state index in [1.54, 1.807) is 0 Å². The summed E-state index contributed by atoms with van der Waals surface area (Å²) in [6.07, 6.45) is 3.11. The lowest BCUT2D eigenvalue weighted by molar-refractivity contribution is 0.311. The number of rotatable bonds is 4. The van der Waals surface area contributed by atoms with Crippen LogP contribution < -0.4 is 5.32 Å². The minimum absolute atomic E-state index is 0.0923. The van der Waals surface area contributed by atoms with Crippen molar-refractivity contribution in [3.63, 3.8) is 0 Å². The van der Waals surface area contributed by atoms with Gasteiger partial charge in [-0.3, -0.25) is 0 Å². The fourth-order valence-electron chi connectivity index (χ4n) is 2.48. The first-order valence-electron chi connectivity index (χ1n) is 6.78. The van der Waals surface area contributed by atoms with Crippen LogP contribution in [0.4, 0.5) is 5.82 Å². The molecule has 2 N–H and O–H groups in total. The van der Waals surface area contributed by atoms with Crippen LogP contribution in [0.2, 0.25) is 5.02 Å². The third kappa shape index (κ3) is 2.62. The number of nitrogens with zero attached hydrogens (tertiary/aromatic N) is 2. The first-order valence-corrected chi connectivity index (χ1v) is 7.16. The van der Waals surface area contributed by atoms with Crippen LogP contribution in [0, 0.1) is 0 Å². The van der Waals surface area contributed by atoms with Crippen LogP contribution >= 0.6 is 11.6 Å². The van der Waals surface area contributed by atoms with Gasteiger partial charge in [0, 0.05) is 28.4 Å². The van der Waals surface area contributed by atoms with Crippen molar-refractivity contribution < 1.29 is 5.11 Å². The maximum Gasteiger partial charge on any atom is 0.161 e. The van der Waals surface area contributed by atoms with Crippen LogP contribution in [0.3, 0.4) is 0 Å². The summed E-state index contributed by atoms with van der Waals surface area (Å²) >= 11 is 5.91. The summed E-state index contributed by atoms with van der Waals surface area (Å²) < 4.78 is 0. The second-order valence-electron chi connectivity index (χ2n) is 4.83. The number of nitrogens with one attached hydrogen (secondary N) is 1. The van der Waals surface area contributed by atoms with Crippen molar-refractivity contribution in [2.24, 2.45) is 0 Å². The van der Waals surface area contributed by atoms with Crippen LogP contribution in [0.25, 0.3) is 11.4 Å². The number of aryl methyl sites for hydroxylation is 1. The highest BCUT2D eigenvalue weighted by molar-refractivity contribution is 6.30. The number of aromatic nitrogens is 2. The summed E-state index contributed by atoms with van der Waals surface area (Å²) in [7, 11) is 0. The average Bonchev–Trinajstić information content (AvgIpc) is 2.94. The Hall–Kier alpha value is -1.65. The van der Waals surface area contributed by atoms with Crippen LogP contribution in [0.1, 0.15) is 17.7 Å². The highest BCUT2D eigenvalue weighted by Crippen LogP contribution is 2.29. The molecule has 0 atom stereocenters. The number of hydrogen-bond donors (Lipinski definition) is 2. The fourth-order valence-corrected chi connectivity index (χ4v) is 2.61. The first-order chi connectivity index (χ1) is 9.78. The van der Waals surface area contributed by atoms with Gasteiger partial charge in [-0.2, -0.15) is 0 Å². The molecule has 1 aliphatic carbocycles. The molecule has 0 bridgehead atoms. The Morgan fingerprint density at radius 2 is 1.95 bits per heavy atom. The van der Waals surface area contributed by atoms with Crippen LogP contribution in [-0.4, -0.2) is 28.2 Å². The summed E-state index contributed by atoms with van der Waals surface area (Å²) in [5.74, 6) is 1.56. The van der Waals surface area contributed by atoms with E-state index in [9.17, 15) is 0 Å². The molecule has 0 unspecified atom stereocenters. The predicted octanol–water partition coefficient (Wildman–Crippen LogP) is 2.69. The molecule has 0 saturated heterocycles. The van der Waals surface area contributed by atoms with E-state index in [-0.39, 0.29) is 6.61 Å². The van der Waals surface area contributed by atoms with Crippen LogP contribution in [-0.2, 0) is 12.8 Å². The second-order valence-corrected chi connectivity index (χ2v) is 5.27. The largest absolute Gasteiger partial charge is 0.395 e. The maximum absolute atomic E-state index is 8.97. The standard InChI is InChI=1S/C15H16ClN3O/c16-11-6-4-10(5-7-11)14-18-13-3-1-2-12(13)15(19-14)17-8-9-20/h4-7,20H,1-3,8-9H2,(H,17,18,19). The van der Waals surface area contributed by atoms with Crippen molar-refractivity contribution >= 4 is 17.4 Å². The number of halogens is 1. The zero-order valence-corrected chi connectivity index (χ0v) is 11.8. The molecule has 5 heteroatoms. The average molecular weight is 290 g/mol. The van der Waals surface area contributed by atoms with Crippen LogP contribution in [0.5, 0.6) is 0 Å². The molecule has 0 saturated carbocycles. The van der Waals surface area contributed by atoms with Gasteiger partial charge in [-0.15, -0.1) is 0 Å². The molecule has 0 radical (unpaired) electrons. The van der Waals surface area contributed by atoms with Gasteiger partial charge in [0.05, 0.1) is 6.61 Å². The first kappa shape index (κ1) is 13.3. The van der Waals surface area contributed by atoms with Crippen molar-refractivity contribution in [1.82, 2.24) is 9.97 Å². The number of anilines is 1. The highest BCUT2D eigenvalue weighted by atomic mass is 35.5. The topological polar surface area (TPSA) is 58.0 Å². The van der Waals surface area contributed by atoms with E-state index in [1.165, 1.54) is 5.56 Å². The van der Waals surface area contributed by atoms with Gasteiger partial charge in [-0.25, -0.2) is 9.97 Å². The van der Waals surface area contributed by atoms with Crippen LogP contribution in [0.15, 0.2) is 24.3 Å². The second kappa shape index (κ2) is 5.77. The van der Waals surface area contributed by atoms with Gasteiger partial charge in [0.1, 0.15) is 5.82 Å². The van der Waals surface area contributed by atoms with Gasteiger partial charge in [0.25, 0.3) is 0 Å². The van der Waals surface area contributed by atoms with Gasteiger partial charge < -0.3 is 10.4 Å². The van der Waals surface area contributed by atoms with Gasteiger partial charge in [-0.05, 0) is 43.5 Å². The SMILES string of the molecule is OCCNc1nc(-c2ccc(Cl)cc2)nc2c1CCC2. The fraction of sp³-hybridized carbons (Fsp3) is 0.333. The molecule has 1 heterocycles. The Kier molecular flexibility index (Phi) is 3.85. The maximum atomic E-state index is 8.97. The number of benzene rings is 1. The molecule has 104 valence electrons. The molecule has 0 fully saturated rings. The number of aliphatic hydroxyl groups excluding tert-OH is 1. The molecule has 0 aliphatic heterocycles. The monoisotopic (exact) mass is 289 g/mol. The number of aliphatic hydroxyl groups is 1. The van der Waals surface area contributed by atoms with Gasteiger partial charge in [-0.1, -0.05) is 11.6 Å². The number of hydrogen-bond acceptors (Lipinski definition) is 4. The molecule has 0 spiro atoms. The summed E-state index contributed by atoms with van der Waals surface area (Å²) in [4.78, 5) is 9.27. The lowest BCUT2D eigenvalue weighted by Crippen LogP contribution is -2.11. The zero-order valence-electron chi connectivity index (χ0n) is 11.1. The van der Waals surface area contributed by atoms with Crippen molar-refractivity contribution in [2.75, 3.05) is 18.5 Å². The summed E-state index contributed by atoms with van der Waals surface area (Å²) in [5.41, 5.74) is 3.26. The molecule has 0 amide bonds. The van der Waals surface area contributed by atoms with Crippen molar-refractivity contribution in [3.8, 4) is 11.4 Å². The lowest BCUT2D eigenvalue weighted by Gasteiger charge is -2.11. The smallest absolute Gasteiger partial charge is 0.161 e. The van der Waals surface area contributed by atoms with E-state index in [4.69, 9.17) is 16.7 Å². The zero-order chi connectivity index (χ0) is 13.9. The molecule has 20 heavy (non-hydrogen) atoms. The molecular formula is C15H16ClN3O.